The van der Waals surface area contributed by atoms with E-state index >= 15 is 0 Å². The molecular formula is C19H20N4O2. The average Bonchev–Trinajstić information content (AvgIpc) is 3.14. The summed E-state index contributed by atoms with van der Waals surface area (Å²) in [7, 11) is 0. The van der Waals surface area contributed by atoms with Gasteiger partial charge in [0, 0.05) is 18.3 Å². The molecule has 0 aliphatic heterocycles. The van der Waals surface area contributed by atoms with Crippen molar-refractivity contribution in [3.8, 4) is 0 Å². The number of nitrogens with zero attached hydrogens (tertiary/aromatic N) is 3. The molecule has 2 heterocycles. The smallest absolute Gasteiger partial charge is 0.270 e. The van der Waals surface area contributed by atoms with Crippen molar-refractivity contribution in [2.45, 2.75) is 20.4 Å². The van der Waals surface area contributed by atoms with Crippen LogP contribution in [0.5, 0.6) is 0 Å². The molecule has 0 bridgehead atoms. The van der Waals surface area contributed by atoms with Gasteiger partial charge >= 0.3 is 0 Å². The molecule has 0 spiro atoms. The van der Waals surface area contributed by atoms with Crippen LogP contribution in [0.2, 0.25) is 0 Å². The predicted molar refractivity (Wildman–Crippen MR) is 95.8 cm³/mol. The summed E-state index contributed by atoms with van der Waals surface area (Å²) >= 11 is 0. The van der Waals surface area contributed by atoms with E-state index in [1.165, 1.54) is 11.9 Å². The summed E-state index contributed by atoms with van der Waals surface area (Å²) < 4.78 is 5.21. The third-order valence-corrected chi connectivity index (χ3v) is 3.79. The first-order chi connectivity index (χ1) is 12.2. The van der Waals surface area contributed by atoms with Gasteiger partial charge in [0.2, 0.25) is 0 Å². The van der Waals surface area contributed by atoms with Crippen LogP contribution in [0.15, 0.2) is 59.5 Å². The zero-order valence-corrected chi connectivity index (χ0v) is 14.3. The van der Waals surface area contributed by atoms with Crippen molar-refractivity contribution in [2.24, 2.45) is 0 Å². The van der Waals surface area contributed by atoms with Crippen molar-refractivity contribution < 1.29 is 9.21 Å². The predicted octanol–water partition coefficient (Wildman–Crippen LogP) is 3.47. The van der Waals surface area contributed by atoms with Crippen LogP contribution in [0.3, 0.4) is 0 Å². The summed E-state index contributed by atoms with van der Waals surface area (Å²) in [4.78, 5) is 22.8. The molecule has 0 radical (unpaired) electrons. The molecule has 0 fully saturated rings. The highest BCUT2D eigenvalue weighted by atomic mass is 16.3. The van der Waals surface area contributed by atoms with Gasteiger partial charge in [-0.2, -0.15) is 0 Å². The van der Waals surface area contributed by atoms with Gasteiger partial charge in [-0.25, -0.2) is 9.97 Å². The fourth-order valence-electron chi connectivity index (χ4n) is 2.56. The van der Waals surface area contributed by atoms with Crippen LogP contribution in [0.4, 0.5) is 11.5 Å². The molecule has 128 valence electrons. The van der Waals surface area contributed by atoms with Crippen molar-refractivity contribution in [3.63, 3.8) is 0 Å². The largest absolute Gasteiger partial charge is 0.467 e. The molecule has 0 atom stereocenters. The average molecular weight is 336 g/mol. The Balaban J connectivity index is 1.78. The maximum absolute atomic E-state index is 12.3. The minimum Gasteiger partial charge on any atom is -0.467 e. The van der Waals surface area contributed by atoms with E-state index in [2.05, 4.69) is 21.4 Å². The quantitative estimate of drug-likeness (QED) is 0.746. The van der Waals surface area contributed by atoms with E-state index in [-0.39, 0.29) is 5.91 Å². The maximum Gasteiger partial charge on any atom is 0.270 e. The van der Waals surface area contributed by atoms with Crippen molar-refractivity contribution in [2.75, 3.05) is 11.4 Å². The molecule has 0 aliphatic carbocycles. The molecule has 0 unspecified atom stereocenters. The number of aryl methyl sites for hydroxylation is 1. The normalized spacial score (nSPS) is 10.5. The van der Waals surface area contributed by atoms with Crippen LogP contribution >= 0.6 is 0 Å². The highest BCUT2D eigenvalue weighted by Gasteiger charge is 2.14. The third-order valence-electron chi connectivity index (χ3n) is 3.79. The Bertz CT molecular complexity index is 846. The molecular weight excluding hydrogens is 316 g/mol. The molecule has 6 nitrogen and oxygen atoms in total. The molecule has 1 N–H and O–H groups in total. The molecule has 1 aromatic carbocycles. The van der Waals surface area contributed by atoms with Gasteiger partial charge in [0.1, 0.15) is 23.6 Å². The van der Waals surface area contributed by atoms with E-state index in [1.54, 1.807) is 18.4 Å². The van der Waals surface area contributed by atoms with E-state index in [1.807, 2.05) is 43.0 Å². The maximum atomic E-state index is 12.3. The second kappa shape index (κ2) is 7.61. The van der Waals surface area contributed by atoms with E-state index < -0.39 is 0 Å². The van der Waals surface area contributed by atoms with E-state index in [0.29, 0.717) is 23.8 Å². The SMILES string of the molecule is CCN(c1cccc(C)c1)c1cc(C(=O)NCc2ccco2)ncn1. The summed E-state index contributed by atoms with van der Waals surface area (Å²) in [6.07, 6.45) is 2.99. The van der Waals surface area contributed by atoms with Crippen LogP contribution in [-0.2, 0) is 6.54 Å². The topological polar surface area (TPSA) is 71.3 Å². The highest BCUT2D eigenvalue weighted by molar-refractivity contribution is 5.93. The van der Waals surface area contributed by atoms with Crippen LogP contribution in [0.1, 0.15) is 28.7 Å². The Morgan fingerprint density at radius 1 is 1.20 bits per heavy atom. The van der Waals surface area contributed by atoms with Gasteiger partial charge in [0.15, 0.2) is 0 Å². The molecule has 0 aliphatic rings. The van der Waals surface area contributed by atoms with Gasteiger partial charge < -0.3 is 14.6 Å². The molecule has 3 aromatic rings. The standard InChI is InChI=1S/C19H20N4O2/c1-3-23(15-7-4-6-14(2)10-15)18-11-17(21-13-22-18)19(24)20-12-16-8-5-9-25-16/h4-11,13H,3,12H2,1-2H3,(H,20,24). The lowest BCUT2D eigenvalue weighted by molar-refractivity contribution is 0.0943. The monoisotopic (exact) mass is 336 g/mol. The fourth-order valence-corrected chi connectivity index (χ4v) is 2.56. The lowest BCUT2D eigenvalue weighted by atomic mass is 10.2. The first-order valence-electron chi connectivity index (χ1n) is 8.14. The summed E-state index contributed by atoms with van der Waals surface area (Å²) in [6.45, 7) is 5.14. The Morgan fingerprint density at radius 2 is 2.08 bits per heavy atom. The van der Waals surface area contributed by atoms with Crippen molar-refractivity contribution in [3.05, 3.63) is 72.1 Å². The Morgan fingerprint density at radius 3 is 2.80 bits per heavy atom. The third kappa shape index (κ3) is 4.03. The second-order valence-corrected chi connectivity index (χ2v) is 5.61. The number of hydrogen-bond donors (Lipinski definition) is 1. The minimum absolute atomic E-state index is 0.264. The van der Waals surface area contributed by atoms with Crippen molar-refractivity contribution in [1.82, 2.24) is 15.3 Å². The second-order valence-electron chi connectivity index (χ2n) is 5.61. The van der Waals surface area contributed by atoms with Crippen LogP contribution in [0.25, 0.3) is 0 Å². The zero-order valence-electron chi connectivity index (χ0n) is 14.3. The number of aromatic nitrogens is 2. The van der Waals surface area contributed by atoms with Gasteiger partial charge in [-0.3, -0.25) is 4.79 Å². The zero-order chi connectivity index (χ0) is 17.6. The summed E-state index contributed by atoms with van der Waals surface area (Å²) in [5, 5.41) is 2.79. The molecule has 0 saturated heterocycles. The number of carbonyl (C=O) groups is 1. The number of hydrogen-bond acceptors (Lipinski definition) is 5. The van der Waals surface area contributed by atoms with Gasteiger partial charge in [0.25, 0.3) is 5.91 Å². The van der Waals surface area contributed by atoms with Gasteiger partial charge in [-0.15, -0.1) is 0 Å². The summed E-state index contributed by atoms with van der Waals surface area (Å²) in [5.41, 5.74) is 2.52. The number of amides is 1. The van der Waals surface area contributed by atoms with Crippen LogP contribution in [-0.4, -0.2) is 22.4 Å². The molecule has 1 amide bonds. The number of rotatable bonds is 6. The van der Waals surface area contributed by atoms with E-state index in [0.717, 1.165) is 12.2 Å². The Kier molecular flexibility index (Phi) is 5.09. The lowest BCUT2D eigenvalue weighted by Gasteiger charge is -2.22. The van der Waals surface area contributed by atoms with Crippen LogP contribution < -0.4 is 10.2 Å². The molecule has 25 heavy (non-hydrogen) atoms. The van der Waals surface area contributed by atoms with E-state index in [9.17, 15) is 4.79 Å². The van der Waals surface area contributed by atoms with E-state index in [4.69, 9.17) is 4.42 Å². The number of benzene rings is 1. The number of furan rings is 1. The number of anilines is 2. The highest BCUT2D eigenvalue weighted by Crippen LogP contribution is 2.24. The number of nitrogens with one attached hydrogen (secondary N) is 1. The molecule has 6 heteroatoms. The Hall–Kier alpha value is -3.15. The van der Waals surface area contributed by atoms with Crippen LogP contribution in [0, 0.1) is 6.92 Å². The van der Waals surface area contributed by atoms with Gasteiger partial charge in [-0.1, -0.05) is 12.1 Å². The van der Waals surface area contributed by atoms with Crippen molar-refractivity contribution >= 4 is 17.4 Å². The van der Waals surface area contributed by atoms with Gasteiger partial charge in [-0.05, 0) is 43.7 Å². The van der Waals surface area contributed by atoms with Gasteiger partial charge in [0.05, 0.1) is 12.8 Å². The lowest BCUT2D eigenvalue weighted by Crippen LogP contribution is -2.25. The molecule has 0 saturated carbocycles. The first-order valence-corrected chi connectivity index (χ1v) is 8.14. The first kappa shape index (κ1) is 16.7. The minimum atomic E-state index is -0.264. The fraction of sp³-hybridized carbons (Fsp3) is 0.211. The molecule has 2 aromatic heterocycles. The number of carbonyl (C=O) groups excluding carboxylic acids is 1. The molecule has 3 rings (SSSR count). The van der Waals surface area contributed by atoms with Crippen molar-refractivity contribution in [1.29, 1.82) is 0 Å². The Labute approximate surface area is 146 Å². The summed E-state index contributed by atoms with van der Waals surface area (Å²) in [5.74, 6) is 1.11. The summed E-state index contributed by atoms with van der Waals surface area (Å²) in [6, 6.07) is 13.4.